The van der Waals surface area contributed by atoms with Crippen LogP contribution in [0.5, 0.6) is 0 Å². The molecule has 136 valence electrons. The molecule has 0 aliphatic rings. The Morgan fingerprint density at radius 2 is 1.88 bits per heavy atom. The number of carboxylic acid groups (broad SMARTS) is 1. The molecule has 0 unspecified atom stereocenters. The van der Waals surface area contributed by atoms with Gasteiger partial charge in [0, 0.05) is 16.6 Å². The van der Waals surface area contributed by atoms with E-state index in [1.807, 2.05) is 30.3 Å². The third-order valence-electron chi connectivity index (χ3n) is 4.42. The van der Waals surface area contributed by atoms with Crippen LogP contribution >= 0.6 is 23.2 Å². The molecular weight excluding hydrogens is 371 g/mol. The van der Waals surface area contributed by atoms with E-state index in [9.17, 15) is 4.79 Å². The summed E-state index contributed by atoms with van der Waals surface area (Å²) in [7, 11) is 0. The van der Waals surface area contributed by atoms with Gasteiger partial charge in [-0.25, -0.2) is 0 Å². The zero-order valence-electron chi connectivity index (χ0n) is 14.2. The Hall–Kier alpha value is -2.01. The van der Waals surface area contributed by atoms with Crippen LogP contribution in [-0.2, 0) is 17.6 Å². The Labute approximate surface area is 161 Å². The number of nitrogens with two attached hydrogens (primary N) is 1. The van der Waals surface area contributed by atoms with E-state index in [1.54, 1.807) is 6.07 Å². The Morgan fingerprint density at radius 3 is 2.58 bits per heavy atom. The van der Waals surface area contributed by atoms with E-state index < -0.39 is 5.97 Å². The molecule has 0 saturated carbocycles. The van der Waals surface area contributed by atoms with Crippen molar-refractivity contribution in [1.82, 2.24) is 4.98 Å². The van der Waals surface area contributed by atoms with Crippen molar-refractivity contribution in [3.8, 4) is 11.3 Å². The van der Waals surface area contributed by atoms with E-state index in [4.69, 9.17) is 34.0 Å². The smallest absolute Gasteiger partial charge is 0.307 e. The zero-order valence-corrected chi connectivity index (χ0v) is 15.7. The number of unbranched alkanes of at least 4 members (excludes halogenated alkanes) is 1. The molecule has 0 aliphatic heterocycles. The number of hydrogen-bond donors (Lipinski definition) is 3. The first-order valence-electron chi connectivity index (χ1n) is 8.50. The molecule has 0 aliphatic carbocycles. The van der Waals surface area contributed by atoms with E-state index in [0.717, 1.165) is 52.5 Å². The van der Waals surface area contributed by atoms with Gasteiger partial charge in [-0.2, -0.15) is 0 Å². The number of aromatic nitrogens is 1. The van der Waals surface area contributed by atoms with Crippen molar-refractivity contribution in [2.75, 3.05) is 6.54 Å². The normalized spacial score (nSPS) is 11.2. The summed E-state index contributed by atoms with van der Waals surface area (Å²) in [6.45, 7) is 0.648. The second-order valence-electron chi connectivity index (χ2n) is 6.30. The maximum atomic E-state index is 11.0. The number of rotatable bonds is 7. The Kier molecular flexibility index (Phi) is 5.87. The van der Waals surface area contributed by atoms with Crippen molar-refractivity contribution in [3.05, 3.63) is 57.6 Å². The Bertz CT molecular complexity index is 950. The summed E-state index contributed by atoms with van der Waals surface area (Å²) in [4.78, 5) is 14.5. The van der Waals surface area contributed by atoms with Crippen LogP contribution in [0.2, 0.25) is 10.0 Å². The first-order valence-corrected chi connectivity index (χ1v) is 9.26. The highest BCUT2D eigenvalue weighted by Gasteiger charge is 2.15. The summed E-state index contributed by atoms with van der Waals surface area (Å²) in [6, 6.07) is 11.3. The van der Waals surface area contributed by atoms with Crippen LogP contribution < -0.4 is 5.73 Å². The van der Waals surface area contributed by atoms with Gasteiger partial charge in [0.05, 0.1) is 16.5 Å². The fourth-order valence-electron chi connectivity index (χ4n) is 3.18. The number of H-pyrrole nitrogens is 1. The lowest BCUT2D eigenvalue weighted by Gasteiger charge is -2.07. The first kappa shape index (κ1) is 18.8. The van der Waals surface area contributed by atoms with Gasteiger partial charge in [0.25, 0.3) is 0 Å². The Balaban J connectivity index is 2.12. The van der Waals surface area contributed by atoms with Gasteiger partial charge in [-0.05, 0) is 66.8 Å². The minimum absolute atomic E-state index is 0.00542. The van der Waals surface area contributed by atoms with Gasteiger partial charge in [0.15, 0.2) is 0 Å². The number of benzene rings is 2. The van der Waals surface area contributed by atoms with Crippen LogP contribution in [-0.4, -0.2) is 22.6 Å². The predicted octanol–water partition coefficient (Wildman–Crippen LogP) is 5.05. The maximum absolute atomic E-state index is 11.0. The highest BCUT2D eigenvalue weighted by Crippen LogP contribution is 2.35. The highest BCUT2D eigenvalue weighted by molar-refractivity contribution is 6.42. The largest absolute Gasteiger partial charge is 0.481 e. The summed E-state index contributed by atoms with van der Waals surface area (Å²) >= 11 is 12.2. The number of carboxylic acids is 1. The van der Waals surface area contributed by atoms with Crippen LogP contribution in [0.4, 0.5) is 0 Å². The number of fused-ring (bicyclic) bond motifs is 1. The molecule has 0 radical (unpaired) electrons. The average molecular weight is 391 g/mol. The summed E-state index contributed by atoms with van der Waals surface area (Å²) in [5, 5.41) is 11.1. The summed E-state index contributed by atoms with van der Waals surface area (Å²) in [5.41, 5.74) is 10.5. The fourth-order valence-corrected chi connectivity index (χ4v) is 3.48. The topological polar surface area (TPSA) is 79.1 Å². The van der Waals surface area contributed by atoms with Gasteiger partial charge in [-0.3, -0.25) is 4.79 Å². The minimum Gasteiger partial charge on any atom is -0.481 e. The van der Waals surface area contributed by atoms with Crippen LogP contribution in [0, 0.1) is 0 Å². The summed E-state index contributed by atoms with van der Waals surface area (Å²) < 4.78 is 0. The van der Waals surface area contributed by atoms with E-state index in [-0.39, 0.29) is 6.42 Å². The van der Waals surface area contributed by atoms with Crippen LogP contribution in [0.3, 0.4) is 0 Å². The number of aryl methyl sites for hydroxylation is 1. The second kappa shape index (κ2) is 8.12. The molecular formula is C20H20Cl2N2O2. The molecule has 3 aromatic rings. The molecule has 0 atom stereocenters. The van der Waals surface area contributed by atoms with Gasteiger partial charge in [-0.15, -0.1) is 0 Å². The van der Waals surface area contributed by atoms with E-state index in [1.165, 1.54) is 0 Å². The summed E-state index contributed by atoms with van der Waals surface area (Å²) in [5.74, 6) is -0.839. The van der Waals surface area contributed by atoms with Gasteiger partial charge in [0.1, 0.15) is 0 Å². The molecule has 0 amide bonds. The average Bonchev–Trinajstić information content (AvgIpc) is 2.95. The highest BCUT2D eigenvalue weighted by atomic mass is 35.5. The molecule has 3 rings (SSSR count). The SMILES string of the molecule is NCCCCc1c(-c2ccc(Cl)c(Cl)c2)[nH]c2ccc(CC(=O)O)cc12. The molecule has 2 aromatic carbocycles. The van der Waals surface area contributed by atoms with Crippen molar-refractivity contribution in [1.29, 1.82) is 0 Å². The minimum atomic E-state index is -0.839. The van der Waals surface area contributed by atoms with Gasteiger partial charge >= 0.3 is 5.97 Å². The lowest BCUT2D eigenvalue weighted by molar-refractivity contribution is -0.136. The number of hydrogen-bond acceptors (Lipinski definition) is 2. The van der Waals surface area contributed by atoms with Gasteiger partial charge in [-0.1, -0.05) is 35.3 Å². The molecule has 1 heterocycles. The Morgan fingerprint density at radius 1 is 1.08 bits per heavy atom. The molecule has 4 N–H and O–H groups in total. The second-order valence-corrected chi connectivity index (χ2v) is 7.12. The number of halogens is 2. The van der Waals surface area contributed by atoms with Crippen LogP contribution in [0.15, 0.2) is 36.4 Å². The molecule has 1 aromatic heterocycles. The quantitative estimate of drug-likeness (QED) is 0.493. The summed E-state index contributed by atoms with van der Waals surface area (Å²) in [6.07, 6.45) is 2.75. The molecule has 26 heavy (non-hydrogen) atoms. The monoisotopic (exact) mass is 390 g/mol. The van der Waals surface area contributed by atoms with Crippen molar-refractivity contribution in [3.63, 3.8) is 0 Å². The molecule has 0 fully saturated rings. The third-order valence-corrected chi connectivity index (χ3v) is 5.15. The van der Waals surface area contributed by atoms with Gasteiger partial charge < -0.3 is 15.8 Å². The predicted molar refractivity (Wildman–Crippen MR) is 107 cm³/mol. The van der Waals surface area contributed by atoms with Crippen molar-refractivity contribution >= 4 is 40.1 Å². The van der Waals surface area contributed by atoms with Crippen molar-refractivity contribution in [2.24, 2.45) is 5.73 Å². The molecule has 4 nitrogen and oxygen atoms in total. The molecule has 6 heteroatoms. The number of carbonyl (C=O) groups is 1. The molecule has 0 bridgehead atoms. The van der Waals surface area contributed by atoms with E-state index >= 15 is 0 Å². The lowest BCUT2D eigenvalue weighted by atomic mass is 9.99. The number of aromatic amines is 1. The number of aliphatic carboxylic acids is 1. The van der Waals surface area contributed by atoms with Crippen molar-refractivity contribution in [2.45, 2.75) is 25.7 Å². The van der Waals surface area contributed by atoms with Crippen LogP contribution in [0.1, 0.15) is 24.0 Å². The first-order chi connectivity index (χ1) is 12.5. The van der Waals surface area contributed by atoms with Crippen LogP contribution in [0.25, 0.3) is 22.2 Å². The fraction of sp³-hybridized carbons (Fsp3) is 0.250. The van der Waals surface area contributed by atoms with Crippen molar-refractivity contribution < 1.29 is 9.90 Å². The molecule has 0 spiro atoms. The van der Waals surface area contributed by atoms with E-state index in [0.29, 0.717) is 16.6 Å². The number of nitrogens with one attached hydrogen (secondary N) is 1. The molecule has 0 saturated heterocycles. The van der Waals surface area contributed by atoms with Gasteiger partial charge in [0.2, 0.25) is 0 Å². The maximum Gasteiger partial charge on any atom is 0.307 e. The standard InChI is InChI=1S/C20H20Cl2N2O2/c21-16-6-5-13(11-17(16)22)20-14(3-1-2-8-23)15-9-12(10-19(25)26)4-7-18(15)24-20/h4-7,9,11,24H,1-3,8,10,23H2,(H,25,26). The zero-order chi connectivity index (χ0) is 18.7. The third kappa shape index (κ3) is 4.04. The lowest BCUT2D eigenvalue weighted by Crippen LogP contribution is -2.00. The van der Waals surface area contributed by atoms with E-state index in [2.05, 4.69) is 4.98 Å².